The van der Waals surface area contributed by atoms with Crippen LogP contribution in [0.1, 0.15) is 6.42 Å². The van der Waals surface area contributed by atoms with Crippen molar-refractivity contribution in [3.63, 3.8) is 0 Å². The molecule has 0 aromatic heterocycles. The fourth-order valence-corrected chi connectivity index (χ4v) is 3.84. The van der Waals surface area contributed by atoms with Gasteiger partial charge < -0.3 is 18.6 Å². The van der Waals surface area contributed by atoms with E-state index in [1.165, 1.54) is 0 Å². The van der Waals surface area contributed by atoms with Crippen LogP contribution in [0.4, 0.5) is 5.69 Å². The van der Waals surface area contributed by atoms with E-state index in [4.69, 9.17) is 13.3 Å². The minimum absolute atomic E-state index is 0.800. The normalized spacial score (nSPS) is 11.6. The molecule has 0 saturated carbocycles. The van der Waals surface area contributed by atoms with Crippen LogP contribution in [0.25, 0.3) is 0 Å². The molecule has 102 valence electrons. The van der Waals surface area contributed by atoms with Gasteiger partial charge in [-0.05, 0) is 34.5 Å². The van der Waals surface area contributed by atoms with Crippen LogP contribution in [0, 0.1) is 0 Å². The molecule has 0 aliphatic carbocycles. The number of rotatable bonds is 8. The number of para-hydroxylation sites is 1. The zero-order chi connectivity index (χ0) is 13.4. The summed E-state index contributed by atoms with van der Waals surface area (Å²) in [6.07, 6.45) is 0.934. The van der Waals surface area contributed by atoms with Crippen LogP contribution in [-0.2, 0) is 13.3 Å². The standard InChI is InChI=1S/C12H20BrNO3Si/c1-15-18(16-2,17-3)10-6-9-14-12-8-5-4-7-11(12)13/h4-5,7-8,14H,6,9-10H2,1-3H3. The van der Waals surface area contributed by atoms with Gasteiger partial charge in [-0.3, -0.25) is 0 Å². The molecule has 6 heteroatoms. The number of hydrogen-bond acceptors (Lipinski definition) is 4. The van der Waals surface area contributed by atoms with Crippen LogP contribution in [0.3, 0.4) is 0 Å². The van der Waals surface area contributed by atoms with Gasteiger partial charge >= 0.3 is 8.80 Å². The van der Waals surface area contributed by atoms with E-state index in [-0.39, 0.29) is 0 Å². The molecule has 1 aromatic rings. The Labute approximate surface area is 118 Å². The van der Waals surface area contributed by atoms with Gasteiger partial charge in [-0.1, -0.05) is 12.1 Å². The third kappa shape index (κ3) is 4.36. The summed E-state index contributed by atoms with van der Waals surface area (Å²) in [5.41, 5.74) is 1.09. The highest BCUT2D eigenvalue weighted by atomic mass is 79.9. The molecule has 1 N–H and O–H groups in total. The monoisotopic (exact) mass is 333 g/mol. The minimum atomic E-state index is -2.42. The third-order valence-corrected chi connectivity index (χ3v) is 6.31. The van der Waals surface area contributed by atoms with Crippen molar-refractivity contribution >= 4 is 30.4 Å². The quantitative estimate of drug-likeness (QED) is 0.586. The molecule has 0 amide bonds. The number of nitrogens with one attached hydrogen (secondary N) is 1. The molecule has 0 heterocycles. The van der Waals surface area contributed by atoms with Gasteiger partial charge in [0.05, 0.1) is 0 Å². The van der Waals surface area contributed by atoms with E-state index in [2.05, 4.69) is 21.2 Å². The van der Waals surface area contributed by atoms with Gasteiger partial charge in [0, 0.05) is 44.1 Å². The maximum Gasteiger partial charge on any atom is 0.500 e. The molecule has 1 aromatic carbocycles. The molecule has 0 aliphatic rings. The Kier molecular flexibility index (Phi) is 6.88. The summed E-state index contributed by atoms with van der Waals surface area (Å²) in [6, 6.07) is 8.85. The molecule has 0 bridgehead atoms. The van der Waals surface area contributed by atoms with Gasteiger partial charge in [-0.15, -0.1) is 0 Å². The van der Waals surface area contributed by atoms with E-state index < -0.39 is 8.80 Å². The first-order valence-electron chi connectivity index (χ1n) is 5.81. The van der Waals surface area contributed by atoms with Crippen molar-refractivity contribution in [3.05, 3.63) is 28.7 Å². The minimum Gasteiger partial charge on any atom is -0.384 e. The molecule has 0 spiro atoms. The fraction of sp³-hybridized carbons (Fsp3) is 0.500. The van der Waals surface area contributed by atoms with E-state index in [1.54, 1.807) is 21.3 Å². The molecular formula is C12H20BrNO3Si. The molecular weight excluding hydrogens is 314 g/mol. The largest absolute Gasteiger partial charge is 0.500 e. The van der Waals surface area contributed by atoms with Crippen molar-refractivity contribution in [1.29, 1.82) is 0 Å². The fourth-order valence-electron chi connectivity index (χ4n) is 1.69. The lowest BCUT2D eigenvalue weighted by Gasteiger charge is -2.24. The van der Waals surface area contributed by atoms with Gasteiger partial charge in [-0.2, -0.15) is 0 Å². The lowest BCUT2D eigenvalue weighted by molar-refractivity contribution is 0.123. The Morgan fingerprint density at radius 1 is 1.11 bits per heavy atom. The van der Waals surface area contributed by atoms with Gasteiger partial charge in [0.1, 0.15) is 0 Å². The molecule has 18 heavy (non-hydrogen) atoms. The summed E-state index contributed by atoms with van der Waals surface area (Å²) in [5.74, 6) is 0. The predicted molar refractivity (Wildman–Crippen MR) is 78.8 cm³/mol. The molecule has 1 rings (SSSR count). The Morgan fingerprint density at radius 2 is 1.72 bits per heavy atom. The first-order chi connectivity index (χ1) is 8.67. The van der Waals surface area contributed by atoms with Crippen molar-refractivity contribution in [2.75, 3.05) is 33.2 Å². The molecule has 0 radical (unpaired) electrons. The highest BCUT2D eigenvalue weighted by molar-refractivity contribution is 9.10. The Morgan fingerprint density at radius 3 is 2.28 bits per heavy atom. The summed E-state index contributed by atoms with van der Waals surface area (Å²) >= 11 is 3.50. The highest BCUT2D eigenvalue weighted by Gasteiger charge is 2.36. The molecule has 4 nitrogen and oxygen atoms in total. The molecule has 0 saturated heterocycles. The highest BCUT2D eigenvalue weighted by Crippen LogP contribution is 2.21. The second-order valence-corrected chi connectivity index (χ2v) is 7.75. The number of benzene rings is 1. The van der Waals surface area contributed by atoms with Crippen LogP contribution in [-0.4, -0.2) is 36.7 Å². The van der Waals surface area contributed by atoms with E-state index in [0.717, 1.165) is 29.2 Å². The maximum absolute atomic E-state index is 5.37. The molecule has 0 aliphatic heterocycles. The Hall–Kier alpha value is -0.403. The number of anilines is 1. The van der Waals surface area contributed by atoms with Crippen LogP contribution < -0.4 is 5.32 Å². The van der Waals surface area contributed by atoms with Gasteiger partial charge in [0.25, 0.3) is 0 Å². The van der Waals surface area contributed by atoms with Crippen molar-refractivity contribution < 1.29 is 13.3 Å². The Balaban J connectivity index is 2.37. The average Bonchev–Trinajstić information content (AvgIpc) is 2.42. The first kappa shape index (κ1) is 15.7. The van der Waals surface area contributed by atoms with Crippen molar-refractivity contribution in [2.24, 2.45) is 0 Å². The first-order valence-corrected chi connectivity index (χ1v) is 8.54. The van der Waals surface area contributed by atoms with E-state index in [1.807, 2.05) is 24.3 Å². The average molecular weight is 334 g/mol. The van der Waals surface area contributed by atoms with E-state index in [0.29, 0.717) is 0 Å². The van der Waals surface area contributed by atoms with Crippen LogP contribution >= 0.6 is 15.9 Å². The lowest BCUT2D eigenvalue weighted by atomic mass is 10.3. The zero-order valence-electron chi connectivity index (χ0n) is 11.0. The summed E-state index contributed by atoms with van der Waals surface area (Å²) < 4.78 is 17.2. The smallest absolute Gasteiger partial charge is 0.384 e. The third-order valence-electron chi connectivity index (χ3n) is 2.78. The number of hydrogen-bond donors (Lipinski definition) is 1. The topological polar surface area (TPSA) is 39.7 Å². The number of halogens is 1. The SMILES string of the molecule is CO[Si](CCCNc1ccccc1Br)(OC)OC. The summed E-state index contributed by atoms with van der Waals surface area (Å²) in [6.45, 7) is 0.855. The van der Waals surface area contributed by atoms with Crippen molar-refractivity contribution in [2.45, 2.75) is 12.5 Å². The van der Waals surface area contributed by atoms with Gasteiger partial charge in [0.2, 0.25) is 0 Å². The van der Waals surface area contributed by atoms with E-state index in [9.17, 15) is 0 Å². The van der Waals surface area contributed by atoms with E-state index >= 15 is 0 Å². The van der Waals surface area contributed by atoms with Crippen LogP contribution in [0.2, 0.25) is 6.04 Å². The lowest BCUT2D eigenvalue weighted by Crippen LogP contribution is -2.42. The Bertz CT molecular complexity index is 353. The molecule has 0 fully saturated rings. The molecule has 0 atom stereocenters. The second kappa shape index (κ2) is 7.91. The summed E-state index contributed by atoms with van der Waals surface area (Å²) in [5, 5.41) is 3.37. The van der Waals surface area contributed by atoms with Crippen LogP contribution in [0.15, 0.2) is 28.7 Å². The van der Waals surface area contributed by atoms with Gasteiger partial charge in [0.15, 0.2) is 0 Å². The maximum atomic E-state index is 5.37. The molecule has 0 unspecified atom stereocenters. The summed E-state index contributed by atoms with van der Waals surface area (Å²) in [4.78, 5) is 0. The second-order valence-electron chi connectivity index (χ2n) is 3.81. The summed E-state index contributed by atoms with van der Waals surface area (Å²) in [7, 11) is 2.50. The van der Waals surface area contributed by atoms with Crippen LogP contribution in [0.5, 0.6) is 0 Å². The van der Waals surface area contributed by atoms with Gasteiger partial charge in [-0.25, -0.2) is 0 Å². The van der Waals surface area contributed by atoms with Crippen molar-refractivity contribution in [3.8, 4) is 0 Å². The predicted octanol–water partition coefficient (Wildman–Crippen LogP) is 3.13. The van der Waals surface area contributed by atoms with Crippen molar-refractivity contribution in [1.82, 2.24) is 0 Å². The zero-order valence-corrected chi connectivity index (χ0v) is 13.6.